The van der Waals surface area contributed by atoms with Crippen molar-refractivity contribution in [3.63, 3.8) is 0 Å². The van der Waals surface area contributed by atoms with Gasteiger partial charge in [0.15, 0.2) is 8.32 Å². The molecule has 2 aliphatic rings. The van der Waals surface area contributed by atoms with Crippen molar-refractivity contribution in [2.24, 2.45) is 5.92 Å². The molecule has 2 atom stereocenters. The SMILES string of the molecule is Cc1c(-c2cc3cc(NC(=O)OC4CCOC4)ncc3c(Cl)c2F)cnc2c1N(C(=O)OC(C)(C)C)CC(CO[Si](C)(C)C(C)(C)C)C2. The topological polar surface area (TPSA) is 112 Å². The molecule has 2 aromatic heterocycles. The molecule has 48 heavy (non-hydrogen) atoms. The maximum atomic E-state index is 16.0. The van der Waals surface area contributed by atoms with Gasteiger partial charge in [0.2, 0.25) is 0 Å². The van der Waals surface area contributed by atoms with Crippen LogP contribution in [0.4, 0.5) is 25.5 Å². The van der Waals surface area contributed by atoms with Crippen molar-refractivity contribution in [2.45, 2.75) is 91.1 Å². The fourth-order valence-corrected chi connectivity index (χ4v) is 6.98. The molecule has 1 saturated heterocycles. The van der Waals surface area contributed by atoms with Crippen LogP contribution < -0.4 is 10.2 Å². The molecule has 0 spiro atoms. The third-order valence-electron chi connectivity index (χ3n) is 9.26. The first-order valence-electron chi connectivity index (χ1n) is 16.3. The summed E-state index contributed by atoms with van der Waals surface area (Å²) < 4.78 is 39.1. The highest BCUT2D eigenvalue weighted by atomic mass is 35.5. The molecule has 1 N–H and O–H groups in total. The molecule has 2 unspecified atom stereocenters. The van der Waals surface area contributed by atoms with Crippen molar-refractivity contribution in [3.8, 4) is 11.1 Å². The summed E-state index contributed by atoms with van der Waals surface area (Å²) in [5.41, 5.74) is 1.93. The van der Waals surface area contributed by atoms with Crippen LogP contribution in [-0.2, 0) is 25.1 Å². The van der Waals surface area contributed by atoms with Gasteiger partial charge < -0.3 is 18.6 Å². The molecular weight excluding hydrogens is 655 g/mol. The van der Waals surface area contributed by atoms with Gasteiger partial charge in [-0.3, -0.25) is 15.2 Å². The molecule has 0 aliphatic carbocycles. The third kappa shape index (κ3) is 7.77. The van der Waals surface area contributed by atoms with Crippen molar-refractivity contribution in [3.05, 3.63) is 46.6 Å². The zero-order valence-corrected chi connectivity index (χ0v) is 31.0. The number of hydrogen-bond acceptors (Lipinski definition) is 8. The van der Waals surface area contributed by atoms with E-state index in [1.165, 1.54) is 6.20 Å². The standard InChI is InChI=1S/C35H46ClFN4O6Si/c1-20-25(24-13-22-14-28(39-16-26(22)29(36)30(24)37)40-32(42)46-23-10-11-44-19-23)15-38-27-12-21(18-45-48(8,9)35(5,6)7)17-41(31(20)27)33(43)47-34(2,3)4/h13-16,21,23H,10-12,17-19H2,1-9H3,(H,39,40,42). The highest BCUT2D eigenvalue weighted by molar-refractivity contribution is 6.74. The lowest BCUT2D eigenvalue weighted by Gasteiger charge is -2.40. The minimum absolute atomic E-state index is 0.00458. The molecule has 0 saturated carbocycles. The number of aromatic nitrogens is 2. The fourth-order valence-electron chi connectivity index (χ4n) is 5.63. The predicted octanol–water partition coefficient (Wildman–Crippen LogP) is 8.67. The highest BCUT2D eigenvalue weighted by Crippen LogP contribution is 2.42. The van der Waals surface area contributed by atoms with Crippen LogP contribution >= 0.6 is 11.6 Å². The average molecular weight is 701 g/mol. The average Bonchev–Trinajstić information content (AvgIpc) is 3.49. The van der Waals surface area contributed by atoms with E-state index in [9.17, 15) is 9.59 Å². The van der Waals surface area contributed by atoms with Crippen molar-refractivity contribution < 1.29 is 32.6 Å². The Labute approximate surface area is 287 Å². The Hall–Kier alpha value is -3.32. The van der Waals surface area contributed by atoms with Gasteiger partial charge in [-0.1, -0.05) is 32.4 Å². The predicted molar refractivity (Wildman–Crippen MR) is 188 cm³/mol. The van der Waals surface area contributed by atoms with Crippen molar-refractivity contribution in [1.82, 2.24) is 9.97 Å². The Morgan fingerprint density at radius 2 is 1.85 bits per heavy atom. The van der Waals surface area contributed by atoms with Crippen LogP contribution in [0.2, 0.25) is 23.2 Å². The van der Waals surface area contributed by atoms with E-state index in [4.69, 9.17) is 35.2 Å². The van der Waals surface area contributed by atoms with Crippen molar-refractivity contribution in [2.75, 3.05) is 36.6 Å². The number of anilines is 2. The van der Waals surface area contributed by atoms with Gasteiger partial charge in [0, 0.05) is 54.4 Å². The number of nitrogens with zero attached hydrogens (tertiary/aromatic N) is 3. The molecule has 4 heterocycles. The molecule has 260 valence electrons. The van der Waals surface area contributed by atoms with Crippen LogP contribution in [0.1, 0.15) is 59.2 Å². The van der Waals surface area contributed by atoms with Gasteiger partial charge >= 0.3 is 12.2 Å². The van der Waals surface area contributed by atoms with Crippen LogP contribution in [0.15, 0.2) is 24.5 Å². The molecule has 2 amide bonds. The lowest BCUT2D eigenvalue weighted by Crippen LogP contribution is -2.47. The van der Waals surface area contributed by atoms with Crippen LogP contribution in [0.5, 0.6) is 0 Å². The molecule has 1 aromatic carbocycles. The van der Waals surface area contributed by atoms with Gasteiger partial charge in [-0.25, -0.2) is 19.0 Å². The van der Waals surface area contributed by atoms with E-state index >= 15 is 4.39 Å². The first kappa shape index (κ1) is 36.0. The number of fused-ring (bicyclic) bond motifs is 2. The smallest absolute Gasteiger partial charge is 0.414 e. The summed E-state index contributed by atoms with van der Waals surface area (Å²) in [4.78, 5) is 36.8. The Morgan fingerprint density at radius 3 is 2.50 bits per heavy atom. The summed E-state index contributed by atoms with van der Waals surface area (Å²) in [6.07, 6.45) is 2.78. The number of ether oxygens (including phenoxy) is 3. The van der Waals surface area contributed by atoms with Crippen LogP contribution in [0.3, 0.4) is 0 Å². The summed E-state index contributed by atoms with van der Waals surface area (Å²) in [5, 5.41) is 3.49. The van der Waals surface area contributed by atoms with E-state index in [0.717, 1.165) is 0 Å². The van der Waals surface area contributed by atoms with Gasteiger partial charge in [0.05, 0.1) is 29.6 Å². The third-order valence-corrected chi connectivity index (χ3v) is 14.1. The molecule has 0 bridgehead atoms. The van der Waals surface area contributed by atoms with Crippen molar-refractivity contribution >= 4 is 54.4 Å². The second-order valence-electron chi connectivity index (χ2n) is 15.2. The number of rotatable bonds is 6. The quantitative estimate of drug-likeness (QED) is 0.254. The van der Waals surface area contributed by atoms with Crippen molar-refractivity contribution in [1.29, 1.82) is 0 Å². The first-order valence-corrected chi connectivity index (χ1v) is 19.6. The maximum Gasteiger partial charge on any atom is 0.414 e. The lowest BCUT2D eigenvalue weighted by atomic mass is 9.91. The van der Waals surface area contributed by atoms with Gasteiger partial charge in [-0.2, -0.15) is 0 Å². The monoisotopic (exact) mass is 700 g/mol. The van der Waals surface area contributed by atoms with E-state index in [2.05, 4.69) is 44.2 Å². The Kier molecular flexibility index (Phi) is 10.1. The second-order valence-corrected chi connectivity index (χ2v) is 20.4. The summed E-state index contributed by atoms with van der Waals surface area (Å²) in [6.45, 7) is 20.1. The summed E-state index contributed by atoms with van der Waals surface area (Å²) in [7, 11) is -2.04. The summed E-state index contributed by atoms with van der Waals surface area (Å²) in [5.74, 6) is -0.421. The van der Waals surface area contributed by atoms with Gasteiger partial charge in [-0.15, -0.1) is 0 Å². The molecule has 13 heteroatoms. The largest absolute Gasteiger partial charge is 0.443 e. The Balaban J connectivity index is 1.50. The summed E-state index contributed by atoms with van der Waals surface area (Å²) >= 11 is 6.57. The normalized spacial score (nSPS) is 18.5. The number of halogens is 2. The van der Waals surface area contributed by atoms with E-state index in [-0.39, 0.29) is 33.5 Å². The van der Waals surface area contributed by atoms with Crippen LogP contribution in [0.25, 0.3) is 21.9 Å². The molecular formula is C35H46ClFN4O6Si. The van der Waals surface area contributed by atoms with E-state index < -0.39 is 31.9 Å². The van der Waals surface area contributed by atoms with E-state index in [0.29, 0.717) is 72.5 Å². The number of pyridine rings is 2. The number of carbonyl (C=O) groups is 2. The van der Waals surface area contributed by atoms with Crippen LogP contribution in [0, 0.1) is 18.7 Å². The number of amides is 2. The zero-order valence-electron chi connectivity index (χ0n) is 29.3. The Morgan fingerprint density at radius 1 is 1.12 bits per heavy atom. The molecule has 0 radical (unpaired) electrons. The first-order chi connectivity index (χ1) is 22.3. The highest BCUT2D eigenvalue weighted by Gasteiger charge is 2.40. The van der Waals surface area contributed by atoms with E-state index in [1.807, 2.05) is 27.7 Å². The Bertz CT molecular complexity index is 1720. The molecule has 3 aromatic rings. The fraction of sp³-hybridized carbons (Fsp3) is 0.543. The molecule has 10 nitrogen and oxygen atoms in total. The van der Waals surface area contributed by atoms with Gasteiger partial charge in [0.1, 0.15) is 23.3 Å². The number of carbonyl (C=O) groups excluding carboxylic acids is 2. The molecule has 1 fully saturated rings. The van der Waals surface area contributed by atoms with Gasteiger partial charge in [-0.05, 0) is 75.3 Å². The minimum atomic E-state index is -2.04. The number of nitrogens with one attached hydrogen (secondary N) is 1. The number of hydrogen-bond donors (Lipinski definition) is 1. The molecule has 2 aliphatic heterocycles. The second kappa shape index (κ2) is 13.5. The summed E-state index contributed by atoms with van der Waals surface area (Å²) in [6, 6.07) is 3.25. The van der Waals surface area contributed by atoms with Crippen LogP contribution in [-0.4, -0.2) is 68.5 Å². The zero-order chi connectivity index (χ0) is 35.2. The maximum absolute atomic E-state index is 16.0. The van der Waals surface area contributed by atoms with E-state index in [1.54, 1.807) is 23.2 Å². The lowest BCUT2D eigenvalue weighted by molar-refractivity contribution is 0.0565. The molecule has 5 rings (SSSR count). The minimum Gasteiger partial charge on any atom is -0.443 e. The van der Waals surface area contributed by atoms with Gasteiger partial charge in [0.25, 0.3) is 0 Å². The number of benzene rings is 1.